The first-order valence-electron chi connectivity index (χ1n) is 9.45. The maximum atomic E-state index is 12.8. The van der Waals surface area contributed by atoms with Gasteiger partial charge in [0.25, 0.3) is 5.91 Å². The van der Waals surface area contributed by atoms with Crippen LogP contribution < -0.4 is 40.6 Å². The topological polar surface area (TPSA) is 160 Å². The Hall–Kier alpha value is -1.39. The summed E-state index contributed by atoms with van der Waals surface area (Å²) in [5, 5.41) is 17.8. The summed E-state index contributed by atoms with van der Waals surface area (Å²) in [5.41, 5.74) is 4.39. The Morgan fingerprint density at radius 1 is 1.46 bits per heavy atom. The van der Waals surface area contributed by atoms with Gasteiger partial charge in [-0.3, -0.25) is 14.4 Å². The molecule has 0 radical (unpaired) electrons. The zero-order chi connectivity index (χ0) is 24.6. The molecule has 17 heteroatoms. The van der Waals surface area contributed by atoms with E-state index in [2.05, 4.69) is 20.4 Å². The molecule has 2 aliphatic heterocycles. The van der Waals surface area contributed by atoms with Gasteiger partial charge < -0.3 is 27.3 Å². The third-order valence-corrected chi connectivity index (χ3v) is 8.87. The van der Waals surface area contributed by atoms with E-state index in [9.17, 15) is 19.5 Å². The van der Waals surface area contributed by atoms with Gasteiger partial charge in [0.15, 0.2) is 15.3 Å². The number of aliphatic carboxylic acids is 1. The van der Waals surface area contributed by atoms with E-state index in [0.717, 1.165) is 22.7 Å². The Kier molecular flexibility index (Phi) is 9.13. The van der Waals surface area contributed by atoms with Gasteiger partial charge in [-0.2, -0.15) is 0 Å². The molecule has 3 atom stereocenters. The summed E-state index contributed by atoms with van der Waals surface area (Å²) in [6.07, 6.45) is 3.06. The van der Waals surface area contributed by atoms with Crippen LogP contribution >= 0.6 is 57.6 Å². The van der Waals surface area contributed by atoms with Crippen LogP contribution in [0.5, 0.6) is 0 Å². The van der Waals surface area contributed by atoms with E-state index in [-0.39, 0.29) is 69.4 Å². The molecule has 2 aromatic rings. The summed E-state index contributed by atoms with van der Waals surface area (Å²) in [6.45, 7) is -0.0620. The first-order chi connectivity index (χ1) is 16.1. The Labute approximate surface area is 244 Å². The van der Waals surface area contributed by atoms with E-state index in [1.54, 1.807) is 11.5 Å². The van der Waals surface area contributed by atoms with E-state index >= 15 is 0 Å². The number of thioether (sulfide) groups is 1. The minimum absolute atomic E-state index is 0. The van der Waals surface area contributed by atoms with Crippen molar-refractivity contribution in [1.82, 2.24) is 20.2 Å². The number of nitrogens with zero attached hydrogens (tertiary/aromatic N) is 4. The standard InChI is InChI=1S/C18H16Cl2N6O5S3.Na.H/c1-31-25-9(7-4-32-17(21)22-7)12(27)23-10-13(28)26-5-18(15(29)30,6-33-14(10)26)3-2-8-11(19)24-16(20)34-8;;/h2-4,10,14H,5-6H2,1H3,(H2,21,22)(H,23,27)(H,29,30);;/q;+1;-1/t10?,14-,18?;;/m1../s1. The number of β-lactam (4-membered cyclic amide) rings is 1. The molecule has 0 spiro atoms. The second-order valence-electron chi connectivity index (χ2n) is 7.23. The van der Waals surface area contributed by atoms with Gasteiger partial charge in [0.2, 0.25) is 5.91 Å². The number of halogens is 2. The number of aromatic nitrogens is 2. The second kappa shape index (κ2) is 11.3. The third kappa shape index (κ3) is 5.64. The number of carboxylic acid groups (broad SMARTS) is 1. The van der Waals surface area contributed by atoms with Crippen LogP contribution in [0.4, 0.5) is 5.13 Å². The first kappa shape index (κ1) is 28.2. The second-order valence-corrected chi connectivity index (χ2v) is 11.2. The van der Waals surface area contributed by atoms with Gasteiger partial charge in [0.05, 0.1) is 4.88 Å². The number of hydrogen-bond acceptors (Lipinski definition) is 11. The molecule has 2 amide bonds. The van der Waals surface area contributed by atoms with Crippen LogP contribution in [0.2, 0.25) is 9.62 Å². The molecule has 4 heterocycles. The number of carboxylic acids is 1. The number of hydrogen-bond donors (Lipinski definition) is 3. The molecule has 4 rings (SSSR count). The molecule has 2 unspecified atom stereocenters. The van der Waals surface area contributed by atoms with Crippen molar-refractivity contribution in [3.63, 3.8) is 0 Å². The van der Waals surface area contributed by atoms with Crippen molar-refractivity contribution in [2.45, 2.75) is 11.4 Å². The average Bonchev–Trinajstić information content (AvgIpc) is 3.37. The molecule has 2 aliphatic rings. The smallest absolute Gasteiger partial charge is 1.00 e. The van der Waals surface area contributed by atoms with Gasteiger partial charge >= 0.3 is 35.5 Å². The Morgan fingerprint density at radius 3 is 2.77 bits per heavy atom. The Morgan fingerprint density at radius 2 is 2.20 bits per heavy atom. The average molecular weight is 587 g/mol. The fraction of sp³-hybridized carbons (Fsp3) is 0.333. The van der Waals surface area contributed by atoms with Crippen LogP contribution in [-0.2, 0) is 19.2 Å². The SMILES string of the molecule is CON=C(C(=O)NC1C(=O)N2CC(C=Cc3sc(Cl)nc3Cl)(C(=O)O)CS[C@H]12)c1csc(N)n1.[H-].[Na+]. The quantitative estimate of drug-likeness (QED) is 0.162. The van der Waals surface area contributed by atoms with E-state index in [4.69, 9.17) is 33.8 Å². The predicted molar refractivity (Wildman–Crippen MR) is 132 cm³/mol. The molecule has 0 aliphatic carbocycles. The molecule has 0 aromatic carbocycles. The van der Waals surface area contributed by atoms with Crippen LogP contribution in [0.1, 0.15) is 12.0 Å². The number of nitrogens with one attached hydrogen (secondary N) is 1. The normalized spacial score (nSPS) is 23.9. The molecular formula is C18H17Cl2N6NaO5S3. The predicted octanol–water partition coefficient (Wildman–Crippen LogP) is -0.860. The summed E-state index contributed by atoms with van der Waals surface area (Å²) >= 11 is 15.4. The van der Waals surface area contributed by atoms with Gasteiger partial charge in [-0.05, 0) is 6.08 Å². The van der Waals surface area contributed by atoms with Gasteiger partial charge in [-0.25, -0.2) is 9.97 Å². The molecule has 2 aromatic heterocycles. The number of carbonyl (C=O) groups excluding carboxylic acids is 2. The fourth-order valence-corrected chi connectivity index (χ4v) is 6.76. The van der Waals surface area contributed by atoms with Crippen LogP contribution in [0.25, 0.3) is 6.08 Å². The number of fused-ring (bicyclic) bond motifs is 1. The van der Waals surface area contributed by atoms with E-state index in [1.165, 1.54) is 29.8 Å². The third-order valence-electron chi connectivity index (χ3n) is 5.12. The Bertz CT molecular complexity index is 1230. The van der Waals surface area contributed by atoms with Gasteiger partial charge in [0.1, 0.15) is 34.8 Å². The van der Waals surface area contributed by atoms with Crippen molar-refractivity contribution in [3.05, 3.63) is 31.6 Å². The fourth-order valence-electron chi connectivity index (χ4n) is 3.42. The van der Waals surface area contributed by atoms with Crippen molar-refractivity contribution < 1.29 is 55.3 Å². The zero-order valence-electron chi connectivity index (χ0n) is 19.2. The number of nitrogen functional groups attached to an aromatic ring is 1. The minimum Gasteiger partial charge on any atom is -1.00 e. The number of anilines is 1. The maximum Gasteiger partial charge on any atom is 1.00 e. The number of oxime groups is 1. The summed E-state index contributed by atoms with van der Waals surface area (Å²) in [7, 11) is 1.28. The van der Waals surface area contributed by atoms with Crippen LogP contribution in [-0.4, -0.2) is 74.3 Å². The molecule has 35 heavy (non-hydrogen) atoms. The number of nitrogens with two attached hydrogens (primary N) is 1. The summed E-state index contributed by atoms with van der Waals surface area (Å²) in [5.74, 6) is -1.97. The van der Waals surface area contributed by atoms with Crippen molar-refractivity contribution in [1.29, 1.82) is 0 Å². The molecule has 182 valence electrons. The van der Waals surface area contributed by atoms with Crippen molar-refractivity contribution in [3.8, 4) is 0 Å². The summed E-state index contributed by atoms with van der Waals surface area (Å²) in [4.78, 5) is 52.4. The van der Waals surface area contributed by atoms with Crippen LogP contribution in [0, 0.1) is 5.41 Å². The molecular weight excluding hydrogens is 570 g/mol. The molecule has 0 bridgehead atoms. The number of thiazole rings is 2. The van der Waals surface area contributed by atoms with E-state index < -0.39 is 34.6 Å². The largest absolute Gasteiger partial charge is 1.00 e. The minimum atomic E-state index is -1.34. The molecule has 11 nitrogen and oxygen atoms in total. The number of carbonyl (C=O) groups is 3. The van der Waals surface area contributed by atoms with Crippen molar-refractivity contribution in [2.75, 3.05) is 25.1 Å². The first-order valence-corrected chi connectivity index (χ1v) is 12.9. The monoisotopic (exact) mass is 586 g/mol. The maximum absolute atomic E-state index is 12.8. The van der Waals surface area contributed by atoms with Crippen LogP contribution in [0.3, 0.4) is 0 Å². The number of amides is 2. The molecule has 2 fully saturated rings. The van der Waals surface area contributed by atoms with Gasteiger partial charge in [0, 0.05) is 17.7 Å². The van der Waals surface area contributed by atoms with Crippen LogP contribution in [0.15, 0.2) is 16.6 Å². The van der Waals surface area contributed by atoms with Crippen molar-refractivity contribution in [2.24, 2.45) is 10.6 Å². The summed E-state index contributed by atoms with van der Waals surface area (Å²) in [6, 6.07) is -0.846. The van der Waals surface area contributed by atoms with Crippen molar-refractivity contribution >= 4 is 92.3 Å². The molecule has 2 saturated heterocycles. The number of rotatable bonds is 7. The molecule has 0 saturated carbocycles. The van der Waals surface area contributed by atoms with E-state index in [0.29, 0.717) is 4.88 Å². The molecule has 4 N–H and O–H groups in total. The van der Waals surface area contributed by atoms with Gasteiger partial charge in [-0.15, -0.1) is 34.4 Å². The van der Waals surface area contributed by atoms with E-state index in [1.807, 2.05) is 0 Å². The Balaban J connectivity index is 0.00000228. The van der Waals surface area contributed by atoms with Gasteiger partial charge in [-0.1, -0.05) is 34.4 Å². The summed E-state index contributed by atoms with van der Waals surface area (Å²) < 4.78 is 0.236. The zero-order valence-corrected chi connectivity index (χ0v) is 24.2.